The third kappa shape index (κ3) is 3.66. The fraction of sp³-hybridized carbons (Fsp3) is 0.278. The van der Waals surface area contributed by atoms with Gasteiger partial charge in [-0.05, 0) is 48.6 Å². The molecule has 1 aliphatic rings. The highest BCUT2D eigenvalue weighted by molar-refractivity contribution is 7.89. The summed E-state index contributed by atoms with van der Waals surface area (Å²) >= 11 is 0. The van der Waals surface area contributed by atoms with Crippen molar-refractivity contribution < 1.29 is 13.2 Å². The first-order chi connectivity index (χ1) is 11.5. The Morgan fingerprint density at radius 1 is 1.04 bits per heavy atom. The second-order valence-electron chi connectivity index (χ2n) is 5.95. The first-order valence-corrected chi connectivity index (χ1v) is 9.39. The van der Waals surface area contributed by atoms with E-state index in [4.69, 9.17) is 0 Å². The highest BCUT2D eigenvalue weighted by Gasteiger charge is 2.35. The SMILES string of the molecule is CNC(=O)c1ccc(S(=O)(=O)N[C@@H](c2ccccc2)C2CC2)cc1. The van der Waals surface area contributed by atoms with Gasteiger partial charge >= 0.3 is 0 Å². The third-order valence-electron chi connectivity index (χ3n) is 4.19. The van der Waals surface area contributed by atoms with Crippen LogP contribution < -0.4 is 10.0 Å². The number of hydrogen-bond acceptors (Lipinski definition) is 3. The Kier molecular flexibility index (Phi) is 4.69. The number of amides is 1. The van der Waals surface area contributed by atoms with Gasteiger partial charge in [0, 0.05) is 18.7 Å². The lowest BCUT2D eigenvalue weighted by Gasteiger charge is -2.19. The summed E-state index contributed by atoms with van der Waals surface area (Å²) in [5, 5.41) is 2.51. The van der Waals surface area contributed by atoms with Crippen LogP contribution in [0, 0.1) is 5.92 Å². The van der Waals surface area contributed by atoms with Crippen LogP contribution in [0.4, 0.5) is 0 Å². The zero-order valence-corrected chi connectivity index (χ0v) is 14.2. The van der Waals surface area contributed by atoms with Crippen LogP contribution in [0.1, 0.15) is 34.8 Å². The summed E-state index contributed by atoms with van der Waals surface area (Å²) in [6.45, 7) is 0. The van der Waals surface area contributed by atoms with Crippen LogP contribution in [0.3, 0.4) is 0 Å². The zero-order valence-electron chi connectivity index (χ0n) is 13.4. The fourth-order valence-corrected chi connectivity index (χ4v) is 3.98. The maximum atomic E-state index is 12.7. The minimum absolute atomic E-state index is 0.164. The molecule has 2 aromatic carbocycles. The van der Waals surface area contributed by atoms with Gasteiger partial charge in [-0.1, -0.05) is 30.3 Å². The molecule has 1 amide bonds. The summed E-state index contributed by atoms with van der Waals surface area (Å²) in [5.41, 5.74) is 1.41. The van der Waals surface area contributed by atoms with E-state index in [0.29, 0.717) is 11.5 Å². The monoisotopic (exact) mass is 344 g/mol. The summed E-state index contributed by atoms with van der Waals surface area (Å²) in [5.74, 6) is 0.0966. The first-order valence-electron chi connectivity index (χ1n) is 7.90. The molecule has 1 saturated carbocycles. The number of rotatable bonds is 6. The van der Waals surface area contributed by atoms with E-state index >= 15 is 0 Å². The van der Waals surface area contributed by atoms with Crippen molar-refractivity contribution in [2.24, 2.45) is 5.92 Å². The minimum Gasteiger partial charge on any atom is -0.355 e. The van der Waals surface area contributed by atoms with E-state index in [2.05, 4.69) is 10.0 Å². The summed E-state index contributed by atoms with van der Waals surface area (Å²) in [7, 11) is -2.11. The largest absolute Gasteiger partial charge is 0.355 e. The molecule has 2 N–H and O–H groups in total. The van der Waals surface area contributed by atoms with Crippen molar-refractivity contribution in [3.05, 3.63) is 65.7 Å². The van der Waals surface area contributed by atoms with Crippen LogP contribution in [0.5, 0.6) is 0 Å². The van der Waals surface area contributed by atoms with E-state index in [-0.39, 0.29) is 16.8 Å². The average Bonchev–Trinajstić information content (AvgIpc) is 3.45. The van der Waals surface area contributed by atoms with Gasteiger partial charge in [-0.15, -0.1) is 0 Å². The van der Waals surface area contributed by atoms with E-state index < -0.39 is 10.0 Å². The van der Waals surface area contributed by atoms with E-state index in [1.54, 1.807) is 0 Å². The molecule has 5 nitrogen and oxygen atoms in total. The van der Waals surface area contributed by atoms with E-state index in [1.165, 1.54) is 31.3 Å². The Morgan fingerprint density at radius 2 is 1.67 bits per heavy atom. The van der Waals surface area contributed by atoms with Crippen molar-refractivity contribution in [2.45, 2.75) is 23.8 Å². The van der Waals surface area contributed by atoms with Crippen LogP contribution in [-0.2, 0) is 10.0 Å². The Hall–Kier alpha value is -2.18. The van der Waals surface area contributed by atoms with Crippen molar-refractivity contribution in [2.75, 3.05) is 7.05 Å². The molecular weight excluding hydrogens is 324 g/mol. The van der Waals surface area contributed by atoms with Gasteiger partial charge in [-0.25, -0.2) is 13.1 Å². The number of benzene rings is 2. The lowest BCUT2D eigenvalue weighted by Crippen LogP contribution is -2.30. The van der Waals surface area contributed by atoms with E-state index in [9.17, 15) is 13.2 Å². The van der Waals surface area contributed by atoms with Gasteiger partial charge in [-0.3, -0.25) is 4.79 Å². The van der Waals surface area contributed by atoms with E-state index in [0.717, 1.165) is 18.4 Å². The van der Waals surface area contributed by atoms with Crippen molar-refractivity contribution in [3.63, 3.8) is 0 Å². The van der Waals surface area contributed by atoms with Gasteiger partial charge in [0.25, 0.3) is 5.91 Å². The molecular formula is C18H20N2O3S. The second-order valence-corrected chi connectivity index (χ2v) is 7.66. The third-order valence-corrected chi connectivity index (χ3v) is 5.65. The Labute approximate surface area is 142 Å². The van der Waals surface area contributed by atoms with Crippen molar-refractivity contribution >= 4 is 15.9 Å². The molecule has 6 heteroatoms. The molecule has 1 fully saturated rings. The quantitative estimate of drug-likeness (QED) is 0.845. The molecule has 0 aromatic heterocycles. The maximum Gasteiger partial charge on any atom is 0.251 e. The molecule has 0 aliphatic heterocycles. The predicted octanol–water partition coefficient (Wildman–Crippen LogP) is 2.48. The first kappa shape index (κ1) is 16.7. The highest BCUT2D eigenvalue weighted by Crippen LogP contribution is 2.41. The molecule has 126 valence electrons. The number of sulfonamides is 1. The maximum absolute atomic E-state index is 12.7. The molecule has 0 radical (unpaired) electrons. The molecule has 0 unspecified atom stereocenters. The molecule has 2 aromatic rings. The average molecular weight is 344 g/mol. The van der Waals surface area contributed by atoms with Gasteiger partial charge in [0.05, 0.1) is 4.90 Å². The molecule has 1 atom stereocenters. The van der Waals surface area contributed by atoms with Crippen LogP contribution in [0.15, 0.2) is 59.5 Å². The molecule has 0 heterocycles. The second kappa shape index (κ2) is 6.75. The van der Waals surface area contributed by atoms with E-state index in [1.807, 2.05) is 30.3 Å². The number of nitrogens with one attached hydrogen (secondary N) is 2. The lowest BCUT2D eigenvalue weighted by atomic mass is 10.0. The summed E-state index contributed by atoms with van der Waals surface area (Å²) in [6, 6.07) is 15.4. The standard InChI is InChI=1S/C18H20N2O3S/c1-19-18(21)15-9-11-16(12-10-15)24(22,23)20-17(14-7-8-14)13-5-3-2-4-6-13/h2-6,9-12,14,17,20H,7-8H2,1H3,(H,19,21)/t17-/m0/s1. The molecule has 0 bridgehead atoms. The van der Waals surface area contributed by atoms with Gasteiger partial charge in [-0.2, -0.15) is 0 Å². The van der Waals surface area contributed by atoms with Crippen LogP contribution in [0.25, 0.3) is 0 Å². The van der Waals surface area contributed by atoms with Gasteiger partial charge in [0.1, 0.15) is 0 Å². The highest BCUT2D eigenvalue weighted by atomic mass is 32.2. The van der Waals surface area contributed by atoms with Gasteiger partial charge < -0.3 is 5.32 Å². The lowest BCUT2D eigenvalue weighted by molar-refractivity contribution is 0.0963. The molecule has 3 rings (SSSR count). The Morgan fingerprint density at radius 3 is 2.21 bits per heavy atom. The predicted molar refractivity (Wildman–Crippen MR) is 92.1 cm³/mol. The Balaban J connectivity index is 1.83. The van der Waals surface area contributed by atoms with Crippen LogP contribution in [0.2, 0.25) is 0 Å². The minimum atomic E-state index is -3.64. The number of hydrogen-bond donors (Lipinski definition) is 2. The van der Waals surface area contributed by atoms with Crippen LogP contribution in [-0.4, -0.2) is 21.4 Å². The van der Waals surface area contributed by atoms with Crippen molar-refractivity contribution in [3.8, 4) is 0 Å². The summed E-state index contributed by atoms with van der Waals surface area (Å²) < 4.78 is 28.2. The topological polar surface area (TPSA) is 75.3 Å². The summed E-state index contributed by atoms with van der Waals surface area (Å²) in [6.07, 6.45) is 2.05. The molecule has 24 heavy (non-hydrogen) atoms. The number of carbonyl (C=O) groups excluding carboxylic acids is 1. The normalized spacial score (nSPS) is 15.7. The van der Waals surface area contributed by atoms with Crippen molar-refractivity contribution in [1.82, 2.24) is 10.0 Å². The Bertz CT molecular complexity index is 813. The zero-order chi connectivity index (χ0) is 17.2. The molecule has 0 spiro atoms. The fourth-order valence-electron chi connectivity index (χ4n) is 2.69. The smallest absolute Gasteiger partial charge is 0.251 e. The van der Waals surface area contributed by atoms with Crippen LogP contribution >= 0.6 is 0 Å². The molecule has 1 aliphatic carbocycles. The summed E-state index contributed by atoms with van der Waals surface area (Å²) in [4.78, 5) is 11.7. The molecule has 0 saturated heterocycles. The van der Waals surface area contributed by atoms with Gasteiger partial charge in [0.2, 0.25) is 10.0 Å². The van der Waals surface area contributed by atoms with Gasteiger partial charge in [0.15, 0.2) is 0 Å². The van der Waals surface area contributed by atoms with Crippen molar-refractivity contribution in [1.29, 1.82) is 0 Å². The number of carbonyl (C=O) groups is 1.